The minimum Gasteiger partial charge on any atom is -0.497 e. The first kappa shape index (κ1) is 17.3. The van der Waals surface area contributed by atoms with Crippen molar-refractivity contribution in [1.82, 2.24) is 15.1 Å². The molecule has 1 aliphatic heterocycles. The van der Waals surface area contributed by atoms with Crippen LogP contribution in [0.3, 0.4) is 0 Å². The van der Waals surface area contributed by atoms with Crippen molar-refractivity contribution in [2.45, 2.75) is 12.8 Å². The van der Waals surface area contributed by atoms with Crippen molar-refractivity contribution in [1.29, 1.82) is 0 Å². The molecular formula is C18H24N4O3. The summed E-state index contributed by atoms with van der Waals surface area (Å²) in [5.74, 6) is 1.22. The quantitative estimate of drug-likeness (QED) is 0.835. The smallest absolute Gasteiger partial charge is 0.229 e. The molecule has 3 rings (SSSR count). The molecule has 2 N–H and O–H groups in total. The number of amides is 1. The van der Waals surface area contributed by atoms with Crippen LogP contribution in [0.1, 0.15) is 18.4 Å². The van der Waals surface area contributed by atoms with E-state index in [0.717, 1.165) is 12.1 Å². The first-order valence-corrected chi connectivity index (χ1v) is 8.43. The molecule has 1 aromatic carbocycles. The number of nitrogens with zero attached hydrogens (tertiary/aromatic N) is 2. The molecule has 1 amide bonds. The Morgan fingerprint density at radius 2 is 2.28 bits per heavy atom. The van der Waals surface area contributed by atoms with Gasteiger partial charge < -0.3 is 20.1 Å². The number of methoxy groups -OCH3 is 1. The number of hydrogen-bond acceptors (Lipinski definition) is 5. The van der Waals surface area contributed by atoms with Gasteiger partial charge in [-0.1, -0.05) is 0 Å². The molecule has 0 saturated carbocycles. The summed E-state index contributed by atoms with van der Waals surface area (Å²) in [6, 6.07) is 5.41. The van der Waals surface area contributed by atoms with Gasteiger partial charge in [-0.2, -0.15) is 5.10 Å². The van der Waals surface area contributed by atoms with Crippen molar-refractivity contribution < 1.29 is 14.3 Å². The Kier molecular flexibility index (Phi) is 5.23. The predicted octanol–water partition coefficient (Wildman–Crippen LogP) is 1.77. The lowest BCUT2D eigenvalue weighted by Gasteiger charge is -2.19. The molecule has 0 unspecified atom stereocenters. The van der Waals surface area contributed by atoms with Crippen LogP contribution in [0.15, 0.2) is 30.6 Å². The number of benzene rings is 1. The molecule has 0 bridgehead atoms. The van der Waals surface area contributed by atoms with E-state index in [4.69, 9.17) is 9.47 Å². The summed E-state index contributed by atoms with van der Waals surface area (Å²) in [5.41, 5.74) is 1.70. The fourth-order valence-corrected chi connectivity index (χ4v) is 3.18. The molecule has 1 saturated heterocycles. The van der Waals surface area contributed by atoms with Gasteiger partial charge in [-0.15, -0.1) is 0 Å². The van der Waals surface area contributed by atoms with E-state index in [2.05, 4.69) is 15.7 Å². The maximum absolute atomic E-state index is 12.9. The first-order valence-electron chi connectivity index (χ1n) is 8.43. The molecular weight excluding hydrogens is 320 g/mol. The van der Waals surface area contributed by atoms with Crippen LogP contribution >= 0.6 is 0 Å². The van der Waals surface area contributed by atoms with Crippen LogP contribution in [0, 0.1) is 5.92 Å². The number of nitrogens with one attached hydrogen (secondary N) is 2. The van der Waals surface area contributed by atoms with E-state index >= 15 is 0 Å². The number of hydrogen-bond donors (Lipinski definition) is 2. The molecule has 2 aromatic rings. The van der Waals surface area contributed by atoms with Gasteiger partial charge >= 0.3 is 0 Å². The maximum Gasteiger partial charge on any atom is 0.229 e. The van der Waals surface area contributed by atoms with Gasteiger partial charge in [-0.05, 0) is 24.6 Å². The Hall–Kier alpha value is -2.54. The van der Waals surface area contributed by atoms with Crippen LogP contribution in [0.4, 0.5) is 5.69 Å². The number of aryl methyl sites for hydroxylation is 1. The summed E-state index contributed by atoms with van der Waals surface area (Å²) < 4.78 is 12.6. The minimum absolute atomic E-state index is 0.0342. The fraction of sp³-hybridized carbons (Fsp3) is 0.444. The second kappa shape index (κ2) is 7.57. The highest BCUT2D eigenvalue weighted by molar-refractivity contribution is 5.95. The first-order chi connectivity index (χ1) is 12.1. The minimum atomic E-state index is -0.162. The van der Waals surface area contributed by atoms with Gasteiger partial charge in [0.1, 0.15) is 11.5 Å². The average molecular weight is 344 g/mol. The number of carbonyl (C=O) groups is 1. The molecule has 7 nitrogen and oxygen atoms in total. The number of carbonyl (C=O) groups excluding carboxylic acids is 1. The van der Waals surface area contributed by atoms with Crippen molar-refractivity contribution in [3.8, 4) is 11.5 Å². The molecule has 25 heavy (non-hydrogen) atoms. The number of ether oxygens (including phenoxy) is 2. The summed E-state index contributed by atoms with van der Waals surface area (Å²) in [4.78, 5) is 12.9. The van der Waals surface area contributed by atoms with E-state index in [-0.39, 0.29) is 17.7 Å². The normalized spacial score (nSPS) is 19.6. The van der Waals surface area contributed by atoms with Gasteiger partial charge in [0, 0.05) is 38.3 Å². The van der Waals surface area contributed by atoms with Gasteiger partial charge in [-0.3, -0.25) is 9.48 Å². The third-order valence-electron chi connectivity index (χ3n) is 4.45. The molecule has 2 heterocycles. The predicted molar refractivity (Wildman–Crippen MR) is 95.1 cm³/mol. The lowest BCUT2D eigenvalue weighted by Crippen LogP contribution is -2.28. The van der Waals surface area contributed by atoms with Crippen molar-refractivity contribution >= 4 is 11.6 Å². The Morgan fingerprint density at radius 1 is 1.44 bits per heavy atom. The van der Waals surface area contributed by atoms with Crippen molar-refractivity contribution in [2.75, 3.05) is 32.1 Å². The Labute approximate surface area is 147 Å². The van der Waals surface area contributed by atoms with Gasteiger partial charge in [-0.25, -0.2) is 0 Å². The standard InChI is InChI=1S/C18H24N4O3/c1-4-25-17-6-5-13(24-3)7-16(17)21-18(23)15-10-19-9-14(15)12-8-20-22(2)11-12/h5-8,11,14-15,19H,4,9-10H2,1-3H3,(H,21,23)/t14-,15+/m1/s1. The molecule has 134 valence electrons. The molecule has 0 aliphatic carbocycles. The molecule has 1 aromatic heterocycles. The Bertz CT molecular complexity index is 744. The lowest BCUT2D eigenvalue weighted by molar-refractivity contribution is -0.119. The van der Waals surface area contributed by atoms with E-state index in [1.165, 1.54) is 0 Å². The molecule has 7 heteroatoms. The molecule has 2 atom stereocenters. The average Bonchev–Trinajstić information content (AvgIpc) is 3.25. The largest absolute Gasteiger partial charge is 0.497 e. The van der Waals surface area contributed by atoms with Crippen LogP contribution in [0.2, 0.25) is 0 Å². The lowest BCUT2D eigenvalue weighted by atomic mass is 9.90. The van der Waals surface area contributed by atoms with Crippen LogP contribution in [0.5, 0.6) is 11.5 Å². The van der Waals surface area contributed by atoms with Crippen LogP contribution in [-0.4, -0.2) is 42.5 Å². The van der Waals surface area contributed by atoms with Gasteiger partial charge in [0.05, 0.1) is 31.5 Å². The zero-order valence-corrected chi connectivity index (χ0v) is 14.8. The number of anilines is 1. The van der Waals surface area contributed by atoms with Gasteiger partial charge in [0.25, 0.3) is 0 Å². The highest BCUT2D eigenvalue weighted by atomic mass is 16.5. The highest BCUT2D eigenvalue weighted by Crippen LogP contribution is 2.32. The molecule has 0 radical (unpaired) electrons. The molecule has 1 fully saturated rings. The van der Waals surface area contributed by atoms with Crippen LogP contribution in [0.25, 0.3) is 0 Å². The maximum atomic E-state index is 12.9. The summed E-state index contributed by atoms with van der Waals surface area (Å²) in [6.45, 7) is 3.84. The molecule has 1 aliphatic rings. The van der Waals surface area contributed by atoms with Crippen LogP contribution < -0.4 is 20.1 Å². The van der Waals surface area contributed by atoms with Gasteiger partial charge in [0.15, 0.2) is 0 Å². The van der Waals surface area contributed by atoms with Crippen molar-refractivity contribution in [3.05, 3.63) is 36.2 Å². The highest BCUT2D eigenvalue weighted by Gasteiger charge is 2.35. The number of rotatable bonds is 6. The van der Waals surface area contributed by atoms with E-state index in [9.17, 15) is 4.79 Å². The SMILES string of the molecule is CCOc1ccc(OC)cc1NC(=O)[C@H]1CNC[C@@H]1c1cnn(C)c1. The van der Waals surface area contributed by atoms with Crippen molar-refractivity contribution in [2.24, 2.45) is 13.0 Å². The topological polar surface area (TPSA) is 77.4 Å². The Morgan fingerprint density at radius 3 is 2.96 bits per heavy atom. The van der Waals surface area contributed by atoms with Crippen LogP contribution in [-0.2, 0) is 11.8 Å². The third-order valence-corrected chi connectivity index (χ3v) is 4.45. The second-order valence-electron chi connectivity index (χ2n) is 6.10. The fourth-order valence-electron chi connectivity index (χ4n) is 3.18. The van der Waals surface area contributed by atoms with E-state index in [0.29, 0.717) is 30.3 Å². The summed E-state index contributed by atoms with van der Waals surface area (Å²) in [6.07, 6.45) is 3.80. The molecule has 0 spiro atoms. The van der Waals surface area contributed by atoms with E-state index < -0.39 is 0 Å². The zero-order chi connectivity index (χ0) is 17.8. The summed E-state index contributed by atoms with van der Waals surface area (Å²) >= 11 is 0. The summed E-state index contributed by atoms with van der Waals surface area (Å²) in [7, 11) is 3.48. The third kappa shape index (κ3) is 3.76. The van der Waals surface area contributed by atoms with Gasteiger partial charge in [0.2, 0.25) is 5.91 Å². The Balaban J connectivity index is 1.79. The summed E-state index contributed by atoms with van der Waals surface area (Å²) in [5, 5.41) is 10.5. The van der Waals surface area contributed by atoms with Crippen molar-refractivity contribution in [3.63, 3.8) is 0 Å². The van der Waals surface area contributed by atoms with E-state index in [1.807, 2.05) is 38.5 Å². The van der Waals surface area contributed by atoms with E-state index in [1.54, 1.807) is 17.9 Å². The monoisotopic (exact) mass is 344 g/mol. The number of aromatic nitrogens is 2. The zero-order valence-electron chi connectivity index (χ0n) is 14.8. The second-order valence-corrected chi connectivity index (χ2v) is 6.10.